The van der Waals surface area contributed by atoms with Crippen LogP contribution in [0, 0.1) is 46.8 Å². The normalized spacial score (nSPS) is 29.3. The van der Waals surface area contributed by atoms with Crippen molar-refractivity contribution in [2.24, 2.45) is 35.5 Å². The van der Waals surface area contributed by atoms with Gasteiger partial charge in [-0.25, -0.2) is 15.0 Å². The number of benzene rings is 6. The Kier molecular flexibility index (Phi) is 8.30. The molecule has 6 aromatic carbocycles. The Hall–Kier alpha value is -6.18. The minimum Gasteiger partial charge on any atom is -0.208 e. The Labute approximate surface area is 383 Å². The fourth-order valence-electron chi connectivity index (χ4n) is 16.3. The van der Waals surface area contributed by atoms with E-state index >= 15 is 0 Å². The number of fused-ring (bicyclic) bond motifs is 3. The summed E-state index contributed by atoms with van der Waals surface area (Å²) in [7, 11) is 0. The van der Waals surface area contributed by atoms with E-state index < -0.39 is 5.41 Å². The lowest BCUT2D eigenvalue weighted by Gasteiger charge is -2.57. The Morgan fingerprint density at radius 2 is 0.800 bits per heavy atom. The van der Waals surface area contributed by atoms with E-state index in [2.05, 4.69) is 146 Å². The zero-order valence-corrected chi connectivity index (χ0v) is 37.1. The summed E-state index contributed by atoms with van der Waals surface area (Å²) in [4.78, 5) is 16.1. The molecule has 16 rings (SSSR count). The smallest absolute Gasteiger partial charge is 0.164 e. The minimum atomic E-state index is -0.615. The SMILES string of the molecule is N#Cc1ccc2c(c1)-c1ccc(-c3nc(-c4ccc(C56C[C@H]7C[C@@H](C5)C[C@@H](C6)C7)cc4)nc(-c4ccc(C56C[C@H]7C[C@@H](C5)C[C@@H](C6)C7)cc4)n3)cc1C2(c1ccccc1)c1ccccc1. The molecule has 0 atom stereocenters. The summed E-state index contributed by atoms with van der Waals surface area (Å²) in [5.41, 5.74) is 13.7. The first kappa shape index (κ1) is 38.1. The summed E-state index contributed by atoms with van der Waals surface area (Å²) in [6.45, 7) is 0. The molecule has 8 saturated carbocycles. The fourth-order valence-corrected chi connectivity index (χ4v) is 16.3. The number of nitriles is 1. The van der Waals surface area contributed by atoms with Gasteiger partial charge in [0.1, 0.15) is 0 Å². The highest BCUT2D eigenvalue weighted by molar-refractivity contribution is 5.88. The van der Waals surface area contributed by atoms with Crippen molar-refractivity contribution in [1.29, 1.82) is 5.26 Å². The molecular formula is C61H54N4. The zero-order chi connectivity index (χ0) is 42.9. The van der Waals surface area contributed by atoms with Gasteiger partial charge in [0.25, 0.3) is 0 Å². The monoisotopic (exact) mass is 842 g/mol. The van der Waals surface area contributed by atoms with Crippen molar-refractivity contribution in [3.8, 4) is 51.4 Å². The largest absolute Gasteiger partial charge is 0.208 e. The Balaban J connectivity index is 0.917. The summed E-state index contributed by atoms with van der Waals surface area (Å²) in [6, 6.07) is 56.0. The molecule has 4 nitrogen and oxygen atoms in total. The van der Waals surface area contributed by atoms with Gasteiger partial charge >= 0.3 is 0 Å². The molecule has 7 aromatic rings. The van der Waals surface area contributed by atoms with E-state index in [0.717, 1.165) is 63.3 Å². The second-order valence-corrected chi connectivity index (χ2v) is 22.0. The molecule has 9 aliphatic rings. The van der Waals surface area contributed by atoms with Gasteiger partial charge in [0.05, 0.1) is 17.0 Å². The molecule has 65 heavy (non-hydrogen) atoms. The molecule has 0 saturated heterocycles. The molecule has 8 bridgehead atoms. The molecule has 8 fully saturated rings. The fraction of sp³-hybridized carbons (Fsp3) is 0.344. The minimum absolute atomic E-state index is 0.334. The molecule has 318 valence electrons. The molecule has 1 heterocycles. The first-order chi connectivity index (χ1) is 31.9. The average Bonchev–Trinajstić information content (AvgIpc) is 3.63. The van der Waals surface area contributed by atoms with Crippen LogP contribution in [0.5, 0.6) is 0 Å². The second kappa shape index (κ2) is 14.2. The average molecular weight is 843 g/mol. The van der Waals surface area contributed by atoms with E-state index in [4.69, 9.17) is 15.0 Å². The predicted octanol–water partition coefficient (Wildman–Crippen LogP) is 14.0. The Bertz CT molecular complexity index is 2840. The van der Waals surface area contributed by atoms with Crippen LogP contribution in [0.3, 0.4) is 0 Å². The van der Waals surface area contributed by atoms with E-state index in [0.29, 0.717) is 33.9 Å². The van der Waals surface area contributed by atoms with E-state index in [1.807, 2.05) is 6.07 Å². The quantitative estimate of drug-likeness (QED) is 0.160. The van der Waals surface area contributed by atoms with E-state index in [1.165, 1.54) is 110 Å². The Morgan fingerprint density at radius 1 is 0.385 bits per heavy atom. The van der Waals surface area contributed by atoms with Gasteiger partial charge in [0.2, 0.25) is 0 Å². The molecule has 9 aliphatic carbocycles. The summed E-state index contributed by atoms with van der Waals surface area (Å²) in [5, 5.41) is 10.1. The van der Waals surface area contributed by atoms with Gasteiger partial charge in [-0.15, -0.1) is 0 Å². The zero-order valence-electron chi connectivity index (χ0n) is 37.1. The summed E-state index contributed by atoms with van der Waals surface area (Å²) in [6.07, 6.45) is 16.8. The van der Waals surface area contributed by atoms with Gasteiger partial charge in [-0.05, 0) is 186 Å². The Morgan fingerprint density at radius 3 is 1.23 bits per heavy atom. The third-order valence-electron chi connectivity index (χ3n) is 18.2. The number of hydrogen-bond acceptors (Lipinski definition) is 4. The maximum atomic E-state index is 10.1. The topological polar surface area (TPSA) is 62.5 Å². The van der Waals surface area contributed by atoms with Crippen molar-refractivity contribution in [2.75, 3.05) is 0 Å². The molecule has 0 spiro atoms. The van der Waals surface area contributed by atoms with Crippen molar-refractivity contribution >= 4 is 0 Å². The van der Waals surface area contributed by atoms with Crippen LogP contribution in [0.4, 0.5) is 0 Å². The van der Waals surface area contributed by atoms with Crippen LogP contribution in [0.2, 0.25) is 0 Å². The molecule has 0 radical (unpaired) electrons. The highest BCUT2D eigenvalue weighted by Gasteiger charge is 2.53. The van der Waals surface area contributed by atoms with Gasteiger partial charge in [-0.3, -0.25) is 0 Å². The highest BCUT2D eigenvalue weighted by atomic mass is 15.0. The lowest BCUT2D eigenvalue weighted by molar-refractivity contribution is -0.00530. The van der Waals surface area contributed by atoms with Crippen LogP contribution in [-0.4, -0.2) is 15.0 Å². The molecule has 4 heteroatoms. The first-order valence-corrected chi connectivity index (χ1v) is 24.7. The number of rotatable bonds is 7. The van der Waals surface area contributed by atoms with Gasteiger partial charge in [-0.2, -0.15) is 5.26 Å². The third kappa shape index (κ3) is 5.83. The van der Waals surface area contributed by atoms with Crippen molar-refractivity contribution in [3.05, 3.63) is 185 Å². The number of aromatic nitrogens is 3. The molecule has 0 amide bonds. The van der Waals surface area contributed by atoms with Crippen LogP contribution in [0.25, 0.3) is 45.3 Å². The van der Waals surface area contributed by atoms with E-state index in [9.17, 15) is 5.26 Å². The lowest BCUT2D eigenvalue weighted by Crippen LogP contribution is -2.48. The number of hydrogen-bond donors (Lipinski definition) is 0. The first-order valence-electron chi connectivity index (χ1n) is 24.7. The summed E-state index contributed by atoms with van der Waals surface area (Å²) < 4.78 is 0. The molecule has 0 N–H and O–H groups in total. The van der Waals surface area contributed by atoms with E-state index in [-0.39, 0.29) is 0 Å². The van der Waals surface area contributed by atoms with Gasteiger partial charge < -0.3 is 0 Å². The van der Waals surface area contributed by atoms with Crippen LogP contribution in [0.15, 0.2) is 146 Å². The van der Waals surface area contributed by atoms with Crippen molar-refractivity contribution in [2.45, 2.75) is 93.3 Å². The molecular weight excluding hydrogens is 789 g/mol. The van der Waals surface area contributed by atoms with Gasteiger partial charge in [0, 0.05) is 16.7 Å². The van der Waals surface area contributed by atoms with Gasteiger partial charge in [0.15, 0.2) is 17.5 Å². The molecule has 1 aromatic heterocycles. The van der Waals surface area contributed by atoms with Crippen molar-refractivity contribution < 1.29 is 0 Å². The molecule has 0 aliphatic heterocycles. The number of nitrogens with zero attached hydrogens (tertiary/aromatic N) is 4. The van der Waals surface area contributed by atoms with Crippen LogP contribution in [0.1, 0.15) is 116 Å². The highest BCUT2D eigenvalue weighted by Crippen LogP contribution is 2.62. The second-order valence-electron chi connectivity index (χ2n) is 22.0. The van der Waals surface area contributed by atoms with Crippen molar-refractivity contribution in [3.63, 3.8) is 0 Å². The summed E-state index contributed by atoms with van der Waals surface area (Å²) in [5.74, 6) is 7.52. The third-order valence-corrected chi connectivity index (χ3v) is 18.2. The maximum absolute atomic E-state index is 10.1. The predicted molar refractivity (Wildman–Crippen MR) is 258 cm³/mol. The van der Waals surface area contributed by atoms with Crippen LogP contribution >= 0.6 is 0 Å². The lowest BCUT2D eigenvalue weighted by atomic mass is 9.48. The van der Waals surface area contributed by atoms with E-state index in [1.54, 1.807) is 0 Å². The maximum Gasteiger partial charge on any atom is 0.164 e. The van der Waals surface area contributed by atoms with Gasteiger partial charge in [-0.1, -0.05) is 127 Å². The molecule has 0 unspecified atom stereocenters. The summed E-state index contributed by atoms with van der Waals surface area (Å²) >= 11 is 0. The standard InChI is InChI=1S/C61H54N4/c62-37-38-11-22-54-53(29-38)52-21-16-47(30-55(52)61(54,50-7-3-1-4-8-50)51-9-5-2-6-10-51)58-64-56(45-12-17-48(18-13-45)59-31-39-23-40(32-59)25-41(24-39)33-59)63-57(65-58)46-14-19-49(20-15-46)60-34-42-26-43(35-60)28-44(27-42)36-60/h1-22,29-30,39-44H,23-28,31-36H2/t39-,40+,41-,42-,43+,44-,59?,60?. The van der Waals surface area contributed by atoms with Crippen LogP contribution in [-0.2, 0) is 16.2 Å². The van der Waals surface area contributed by atoms with Crippen molar-refractivity contribution in [1.82, 2.24) is 15.0 Å². The van der Waals surface area contributed by atoms with Crippen LogP contribution < -0.4 is 0 Å².